The number of pyridine rings is 1. The smallest absolute Gasteiger partial charge is 0.297 e. The Kier molecular flexibility index (Phi) is 6.60. The molecule has 0 aliphatic rings. The Hall–Kier alpha value is -2.93. The van der Waals surface area contributed by atoms with Crippen molar-refractivity contribution in [3.05, 3.63) is 53.9 Å². The minimum atomic E-state index is -0.497. The Labute approximate surface area is 169 Å². The summed E-state index contributed by atoms with van der Waals surface area (Å²) in [5.74, 6) is -0.178. The van der Waals surface area contributed by atoms with Gasteiger partial charge in [-0.1, -0.05) is 31.9 Å². The molecule has 0 unspecified atom stereocenters. The molecule has 28 heavy (non-hydrogen) atoms. The van der Waals surface area contributed by atoms with Crippen LogP contribution in [0.4, 0.5) is 5.69 Å². The normalized spacial score (nSPS) is 10.6. The van der Waals surface area contributed by atoms with Crippen LogP contribution in [-0.2, 0) is 6.42 Å². The standard InChI is InChI=1S/C21H23N3O3S/c1-3-4-5-7-14-9-11-15(12-10-14)23-21(28)24-20(25)19-18(26-2)17-16(27-19)8-6-13-22-17/h6,8-13H,3-5,7H2,1-2H3,(H2,23,24,25,28). The minimum absolute atomic E-state index is 0.0339. The van der Waals surface area contributed by atoms with E-state index in [4.69, 9.17) is 21.4 Å². The quantitative estimate of drug-likeness (QED) is 0.445. The lowest BCUT2D eigenvalue weighted by molar-refractivity contribution is 0.0948. The maximum atomic E-state index is 12.6. The van der Waals surface area contributed by atoms with E-state index < -0.39 is 5.91 Å². The maximum Gasteiger partial charge on any atom is 0.297 e. The van der Waals surface area contributed by atoms with Crippen molar-refractivity contribution >= 4 is 40.0 Å². The number of aryl methyl sites for hydroxylation is 1. The zero-order valence-corrected chi connectivity index (χ0v) is 16.8. The number of hydrogen-bond donors (Lipinski definition) is 2. The molecule has 0 spiro atoms. The van der Waals surface area contributed by atoms with Gasteiger partial charge >= 0.3 is 0 Å². The van der Waals surface area contributed by atoms with Crippen molar-refractivity contribution in [2.24, 2.45) is 0 Å². The number of ether oxygens (including phenoxy) is 1. The summed E-state index contributed by atoms with van der Waals surface area (Å²) in [6.45, 7) is 2.19. The van der Waals surface area contributed by atoms with Crippen molar-refractivity contribution in [2.75, 3.05) is 12.4 Å². The van der Waals surface area contributed by atoms with Gasteiger partial charge in [0.15, 0.2) is 22.0 Å². The van der Waals surface area contributed by atoms with Crippen molar-refractivity contribution < 1.29 is 13.9 Å². The van der Waals surface area contributed by atoms with Crippen molar-refractivity contribution in [1.29, 1.82) is 0 Å². The maximum absolute atomic E-state index is 12.6. The first kappa shape index (κ1) is 19.8. The summed E-state index contributed by atoms with van der Waals surface area (Å²) in [7, 11) is 1.47. The summed E-state index contributed by atoms with van der Waals surface area (Å²) < 4.78 is 10.9. The van der Waals surface area contributed by atoms with Crippen LogP contribution in [0.5, 0.6) is 5.75 Å². The number of thiocarbonyl (C=S) groups is 1. The molecule has 1 aromatic carbocycles. The van der Waals surface area contributed by atoms with Gasteiger partial charge in [-0.2, -0.15) is 0 Å². The van der Waals surface area contributed by atoms with Crippen LogP contribution in [0.15, 0.2) is 47.0 Å². The summed E-state index contributed by atoms with van der Waals surface area (Å²) in [4.78, 5) is 16.7. The number of carbonyl (C=O) groups is 1. The molecular weight excluding hydrogens is 374 g/mol. The third kappa shape index (κ3) is 4.67. The Morgan fingerprint density at radius 2 is 2.00 bits per heavy atom. The van der Waals surface area contributed by atoms with Crippen LogP contribution >= 0.6 is 12.2 Å². The van der Waals surface area contributed by atoms with Crippen molar-refractivity contribution in [2.45, 2.75) is 32.6 Å². The second-order valence-electron chi connectivity index (χ2n) is 6.38. The molecule has 3 rings (SSSR count). The molecule has 0 fully saturated rings. The molecule has 0 bridgehead atoms. The van der Waals surface area contributed by atoms with Gasteiger partial charge in [0.05, 0.1) is 7.11 Å². The lowest BCUT2D eigenvalue weighted by Gasteiger charge is -2.10. The predicted molar refractivity (Wildman–Crippen MR) is 114 cm³/mol. The van der Waals surface area contributed by atoms with E-state index >= 15 is 0 Å². The van der Waals surface area contributed by atoms with E-state index in [9.17, 15) is 4.79 Å². The van der Waals surface area contributed by atoms with Crippen molar-refractivity contribution in [3.8, 4) is 5.75 Å². The fourth-order valence-corrected chi connectivity index (χ4v) is 3.11. The van der Waals surface area contributed by atoms with Gasteiger partial charge < -0.3 is 14.5 Å². The van der Waals surface area contributed by atoms with Gasteiger partial charge in [-0.25, -0.2) is 4.98 Å². The first-order chi connectivity index (χ1) is 13.6. The number of methoxy groups -OCH3 is 1. The third-order valence-electron chi connectivity index (χ3n) is 4.32. The van der Waals surface area contributed by atoms with E-state index in [1.54, 1.807) is 18.3 Å². The molecule has 7 heteroatoms. The Morgan fingerprint density at radius 3 is 2.71 bits per heavy atom. The number of rotatable bonds is 7. The van der Waals surface area contributed by atoms with Crippen LogP contribution in [0.3, 0.4) is 0 Å². The van der Waals surface area contributed by atoms with Crippen LogP contribution in [0, 0.1) is 0 Å². The number of carbonyl (C=O) groups excluding carboxylic acids is 1. The van der Waals surface area contributed by atoms with Crippen molar-refractivity contribution in [1.82, 2.24) is 10.3 Å². The number of amides is 1. The number of furan rings is 1. The van der Waals surface area contributed by atoms with Crippen LogP contribution in [0.25, 0.3) is 11.1 Å². The highest BCUT2D eigenvalue weighted by atomic mass is 32.1. The Balaban J connectivity index is 1.62. The molecule has 0 saturated carbocycles. The summed E-state index contributed by atoms with van der Waals surface area (Å²) >= 11 is 5.25. The molecule has 0 saturated heterocycles. The zero-order valence-electron chi connectivity index (χ0n) is 16.0. The van der Waals surface area contributed by atoms with Gasteiger partial charge in [0.25, 0.3) is 5.91 Å². The SMILES string of the molecule is CCCCCc1ccc(NC(=S)NC(=O)c2oc3cccnc3c2OC)cc1. The lowest BCUT2D eigenvalue weighted by Crippen LogP contribution is -2.34. The number of benzene rings is 1. The monoisotopic (exact) mass is 397 g/mol. The van der Waals surface area contributed by atoms with Crippen LogP contribution in [-0.4, -0.2) is 23.1 Å². The molecule has 2 aromatic heterocycles. The van der Waals surface area contributed by atoms with Gasteiger partial charge in [0.1, 0.15) is 0 Å². The lowest BCUT2D eigenvalue weighted by atomic mass is 10.1. The van der Waals surface area contributed by atoms with E-state index in [1.807, 2.05) is 12.1 Å². The average Bonchev–Trinajstić information content (AvgIpc) is 3.08. The third-order valence-corrected chi connectivity index (χ3v) is 4.53. The van der Waals surface area contributed by atoms with Crippen LogP contribution in [0.1, 0.15) is 42.3 Å². The highest BCUT2D eigenvalue weighted by Crippen LogP contribution is 2.30. The Bertz CT molecular complexity index is 967. The summed E-state index contributed by atoms with van der Waals surface area (Å²) in [5, 5.41) is 5.81. The fourth-order valence-electron chi connectivity index (χ4n) is 2.90. The largest absolute Gasteiger partial charge is 0.491 e. The molecule has 0 aliphatic heterocycles. The number of hydrogen-bond acceptors (Lipinski definition) is 5. The number of aromatic nitrogens is 1. The number of unbranched alkanes of at least 4 members (excludes halogenated alkanes) is 2. The first-order valence-electron chi connectivity index (χ1n) is 9.25. The highest BCUT2D eigenvalue weighted by Gasteiger charge is 2.23. The molecule has 0 radical (unpaired) electrons. The van der Waals surface area contributed by atoms with Gasteiger partial charge in [-0.05, 0) is 54.9 Å². The average molecular weight is 398 g/mol. The van der Waals surface area contributed by atoms with Gasteiger partial charge in [0.2, 0.25) is 5.76 Å². The Morgan fingerprint density at radius 1 is 1.21 bits per heavy atom. The van der Waals surface area contributed by atoms with Gasteiger partial charge in [0, 0.05) is 11.9 Å². The highest BCUT2D eigenvalue weighted by molar-refractivity contribution is 7.80. The van der Waals surface area contributed by atoms with Crippen LogP contribution < -0.4 is 15.4 Å². The minimum Gasteiger partial charge on any atom is -0.491 e. The van der Waals surface area contributed by atoms with Crippen molar-refractivity contribution in [3.63, 3.8) is 0 Å². The number of nitrogens with one attached hydrogen (secondary N) is 2. The topological polar surface area (TPSA) is 76.4 Å². The molecule has 2 N–H and O–H groups in total. The second-order valence-corrected chi connectivity index (χ2v) is 6.79. The predicted octanol–water partition coefficient (Wildman–Crippen LogP) is 4.70. The van der Waals surface area contributed by atoms with Gasteiger partial charge in [-0.15, -0.1) is 0 Å². The fraction of sp³-hybridized carbons (Fsp3) is 0.286. The number of anilines is 1. The second kappa shape index (κ2) is 9.32. The van der Waals surface area contributed by atoms with E-state index in [1.165, 1.54) is 31.9 Å². The van der Waals surface area contributed by atoms with E-state index in [0.717, 1.165) is 12.1 Å². The van der Waals surface area contributed by atoms with Gasteiger partial charge in [-0.3, -0.25) is 10.1 Å². The molecule has 1 amide bonds. The molecule has 3 aromatic rings. The van der Waals surface area contributed by atoms with Crippen LogP contribution in [0.2, 0.25) is 0 Å². The summed E-state index contributed by atoms with van der Waals surface area (Å²) in [6, 6.07) is 11.5. The van der Waals surface area contributed by atoms with E-state index in [-0.39, 0.29) is 16.6 Å². The number of nitrogens with zero attached hydrogens (tertiary/aromatic N) is 1. The molecule has 146 valence electrons. The first-order valence-corrected chi connectivity index (χ1v) is 9.66. The zero-order chi connectivity index (χ0) is 19.9. The summed E-state index contributed by atoms with van der Waals surface area (Å²) in [6.07, 6.45) is 6.30. The molecule has 2 heterocycles. The molecular formula is C21H23N3O3S. The van der Waals surface area contributed by atoms with E-state index in [0.29, 0.717) is 11.1 Å². The molecule has 0 atom stereocenters. The molecule has 6 nitrogen and oxygen atoms in total. The number of fused-ring (bicyclic) bond motifs is 1. The molecule has 0 aliphatic carbocycles. The summed E-state index contributed by atoms with van der Waals surface area (Å²) in [5.41, 5.74) is 3.06. The van der Waals surface area contributed by atoms with E-state index in [2.05, 4.69) is 34.7 Å².